The first-order valence-electron chi connectivity index (χ1n) is 15.0. The molecule has 0 saturated heterocycles. The van der Waals surface area contributed by atoms with Crippen molar-refractivity contribution in [1.29, 1.82) is 0 Å². The lowest BCUT2D eigenvalue weighted by molar-refractivity contribution is -0.121. The molecule has 0 aromatic heterocycles. The number of carbonyl (C=O) groups excluding carboxylic acids is 2. The van der Waals surface area contributed by atoms with Crippen LogP contribution in [0.2, 0.25) is 0 Å². The maximum atomic E-state index is 12.3. The monoisotopic (exact) mass is 473 g/mol. The number of Topliss-reactive ketones (excluding diaryl/α,β-unsaturated/α-hetero) is 1. The molecular weight excluding hydrogens is 416 g/mol. The number of allylic oxidation sites excluding steroid dienone is 4. The first kappa shape index (κ1) is 32.8. The highest BCUT2D eigenvalue weighted by molar-refractivity contribution is 5.93. The SMILES string of the molecule is CCCCCCC=CCCCCCCCC(=O)C([C]=O)CCCCCC/C=C\CCCCCC. The smallest absolute Gasteiger partial charge is 0.209 e. The summed E-state index contributed by atoms with van der Waals surface area (Å²) >= 11 is 0. The van der Waals surface area contributed by atoms with E-state index in [1.807, 2.05) is 6.29 Å². The third-order valence-electron chi connectivity index (χ3n) is 6.72. The van der Waals surface area contributed by atoms with Gasteiger partial charge in [-0.3, -0.25) is 9.59 Å². The minimum absolute atomic E-state index is 0.118. The lowest BCUT2D eigenvalue weighted by Crippen LogP contribution is -2.15. The number of unbranched alkanes of at least 4 members (excludes halogenated alkanes) is 17. The van der Waals surface area contributed by atoms with E-state index in [1.54, 1.807) is 0 Å². The van der Waals surface area contributed by atoms with Crippen molar-refractivity contribution < 1.29 is 9.59 Å². The molecule has 34 heavy (non-hydrogen) atoms. The van der Waals surface area contributed by atoms with Gasteiger partial charge in [0.25, 0.3) is 0 Å². The van der Waals surface area contributed by atoms with Gasteiger partial charge >= 0.3 is 0 Å². The number of rotatable bonds is 27. The highest BCUT2D eigenvalue weighted by Gasteiger charge is 2.17. The van der Waals surface area contributed by atoms with E-state index in [0.29, 0.717) is 12.8 Å². The molecule has 0 bridgehead atoms. The summed E-state index contributed by atoms with van der Waals surface area (Å²) in [5.41, 5.74) is 0. The minimum atomic E-state index is -0.481. The van der Waals surface area contributed by atoms with E-state index in [9.17, 15) is 9.59 Å². The van der Waals surface area contributed by atoms with Crippen LogP contribution in [0, 0.1) is 5.92 Å². The van der Waals surface area contributed by atoms with Crippen molar-refractivity contribution in [3.05, 3.63) is 24.3 Å². The zero-order chi connectivity index (χ0) is 25.0. The van der Waals surface area contributed by atoms with Crippen LogP contribution in [0.4, 0.5) is 0 Å². The molecule has 2 heteroatoms. The van der Waals surface area contributed by atoms with Crippen molar-refractivity contribution in [2.24, 2.45) is 5.92 Å². The van der Waals surface area contributed by atoms with Crippen LogP contribution in [0.25, 0.3) is 0 Å². The molecule has 0 rings (SSSR count). The Morgan fingerprint density at radius 2 is 0.941 bits per heavy atom. The quantitative estimate of drug-likeness (QED) is 0.0675. The van der Waals surface area contributed by atoms with E-state index in [0.717, 1.165) is 32.1 Å². The van der Waals surface area contributed by atoms with Crippen LogP contribution in [0.5, 0.6) is 0 Å². The first-order valence-corrected chi connectivity index (χ1v) is 15.0. The third kappa shape index (κ3) is 24.0. The van der Waals surface area contributed by atoms with E-state index < -0.39 is 5.92 Å². The van der Waals surface area contributed by atoms with E-state index in [-0.39, 0.29) is 5.78 Å². The summed E-state index contributed by atoms with van der Waals surface area (Å²) < 4.78 is 0. The predicted octanol–water partition coefficient (Wildman–Crippen LogP) is 10.4. The fourth-order valence-corrected chi connectivity index (χ4v) is 4.37. The van der Waals surface area contributed by atoms with Crippen molar-refractivity contribution in [2.75, 3.05) is 0 Å². The number of carbonyl (C=O) groups is 1. The fourth-order valence-electron chi connectivity index (χ4n) is 4.37. The fraction of sp³-hybridized carbons (Fsp3) is 0.812. The summed E-state index contributed by atoms with van der Waals surface area (Å²) in [4.78, 5) is 23.6. The topological polar surface area (TPSA) is 34.1 Å². The summed E-state index contributed by atoms with van der Waals surface area (Å²) in [7, 11) is 0. The van der Waals surface area contributed by atoms with Crippen molar-refractivity contribution in [3.8, 4) is 0 Å². The van der Waals surface area contributed by atoms with Crippen molar-refractivity contribution in [1.82, 2.24) is 0 Å². The Morgan fingerprint density at radius 3 is 1.38 bits per heavy atom. The molecule has 0 aromatic rings. The Bertz CT molecular complexity index is 491. The molecule has 1 atom stereocenters. The molecule has 0 heterocycles. The first-order chi connectivity index (χ1) is 16.8. The van der Waals surface area contributed by atoms with Crippen molar-refractivity contribution in [2.45, 2.75) is 162 Å². The predicted molar refractivity (Wildman–Crippen MR) is 150 cm³/mol. The zero-order valence-corrected chi connectivity index (χ0v) is 23.0. The average molecular weight is 474 g/mol. The molecule has 0 aromatic carbocycles. The maximum Gasteiger partial charge on any atom is 0.209 e. The number of ketones is 1. The molecule has 0 aliphatic rings. The molecule has 0 saturated carbocycles. The second-order valence-electron chi connectivity index (χ2n) is 10.1. The molecule has 0 amide bonds. The highest BCUT2D eigenvalue weighted by Crippen LogP contribution is 2.16. The number of hydrogen-bond acceptors (Lipinski definition) is 2. The van der Waals surface area contributed by atoms with Crippen LogP contribution in [0.15, 0.2) is 24.3 Å². The van der Waals surface area contributed by atoms with E-state index in [2.05, 4.69) is 38.2 Å². The van der Waals surface area contributed by atoms with Gasteiger partial charge in [0.1, 0.15) is 5.78 Å². The van der Waals surface area contributed by atoms with E-state index >= 15 is 0 Å². The van der Waals surface area contributed by atoms with Gasteiger partial charge in [0, 0.05) is 6.42 Å². The zero-order valence-electron chi connectivity index (χ0n) is 23.0. The lowest BCUT2D eigenvalue weighted by atomic mass is 9.94. The summed E-state index contributed by atoms with van der Waals surface area (Å²) in [5, 5.41) is 0. The number of hydrogen-bond donors (Lipinski definition) is 0. The maximum absolute atomic E-state index is 12.3. The highest BCUT2D eigenvalue weighted by atomic mass is 16.1. The molecule has 0 aliphatic heterocycles. The van der Waals surface area contributed by atoms with E-state index in [1.165, 1.54) is 103 Å². The normalized spacial score (nSPS) is 12.6. The Kier molecular flexibility index (Phi) is 27.1. The molecule has 0 fully saturated rings. The van der Waals surface area contributed by atoms with Crippen molar-refractivity contribution in [3.63, 3.8) is 0 Å². The minimum Gasteiger partial charge on any atom is -0.299 e. The van der Waals surface area contributed by atoms with Gasteiger partial charge in [-0.2, -0.15) is 0 Å². The standard InChI is InChI=1S/C32H57O2/c1-3-5-7-9-11-13-15-17-19-21-23-25-27-29-32(34)31(30-33)28-26-24-22-20-18-16-14-12-10-8-6-4-2/h13-16,31H,3-12,17-29H2,1-2H3/b15-13?,16-14-. The van der Waals surface area contributed by atoms with Gasteiger partial charge in [0.05, 0.1) is 5.92 Å². The van der Waals surface area contributed by atoms with Crippen LogP contribution in [-0.2, 0) is 9.59 Å². The second-order valence-corrected chi connectivity index (χ2v) is 10.1. The van der Waals surface area contributed by atoms with Crippen LogP contribution < -0.4 is 0 Å². The van der Waals surface area contributed by atoms with Crippen LogP contribution >= 0.6 is 0 Å². The molecule has 1 unspecified atom stereocenters. The molecule has 2 nitrogen and oxygen atoms in total. The molecule has 0 spiro atoms. The molecule has 1 radical (unpaired) electrons. The summed E-state index contributed by atoms with van der Waals surface area (Å²) in [6.45, 7) is 4.50. The van der Waals surface area contributed by atoms with Crippen LogP contribution in [0.1, 0.15) is 162 Å². The Hall–Kier alpha value is -1.18. The van der Waals surface area contributed by atoms with Crippen molar-refractivity contribution >= 4 is 12.1 Å². The van der Waals surface area contributed by atoms with Gasteiger partial charge < -0.3 is 0 Å². The average Bonchev–Trinajstić information content (AvgIpc) is 2.85. The second kappa shape index (κ2) is 28.1. The molecule has 197 valence electrons. The van der Waals surface area contributed by atoms with Gasteiger partial charge in [-0.05, 0) is 64.2 Å². The molecule has 0 aliphatic carbocycles. The van der Waals surface area contributed by atoms with Crippen LogP contribution in [0.3, 0.4) is 0 Å². The third-order valence-corrected chi connectivity index (χ3v) is 6.72. The van der Waals surface area contributed by atoms with Gasteiger partial charge in [-0.25, -0.2) is 0 Å². The molecule has 0 N–H and O–H groups in total. The Labute approximate surface area is 213 Å². The largest absolute Gasteiger partial charge is 0.299 e. The molecular formula is C32H57O2. The Balaban J connectivity index is 3.54. The summed E-state index contributed by atoms with van der Waals surface area (Å²) in [6, 6.07) is 0. The Morgan fingerprint density at radius 1 is 0.559 bits per heavy atom. The van der Waals surface area contributed by atoms with E-state index in [4.69, 9.17) is 0 Å². The van der Waals surface area contributed by atoms with Gasteiger partial charge in [-0.1, -0.05) is 115 Å². The van der Waals surface area contributed by atoms with Crippen LogP contribution in [-0.4, -0.2) is 12.1 Å². The van der Waals surface area contributed by atoms with Gasteiger partial charge in [0.15, 0.2) is 0 Å². The summed E-state index contributed by atoms with van der Waals surface area (Å²) in [6.07, 6.45) is 38.3. The van der Waals surface area contributed by atoms with Gasteiger partial charge in [0.2, 0.25) is 6.29 Å². The summed E-state index contributed by atoms with van der Waals surface area (Å²) in [5.74, 6) is -0.363. The lowest BCUT2D eigenvalue weighted by Gasteiger charge is -2.08. The van der Waals surface area contributed by atoms with Gasteiger partial charge in [-0.15, -0.1) is 0 Å².